The van der Waals surface area contributed by atoms with Crippen molar-refractivity contribution >= 4 is 44.9 Å². The lowest BCUT2D eigenvalue weighted by molar-refractivity contribution is 0.187. The Morgan fingerprint density at radius 3 is 2.86 bits per heavy atom. The van der Waals surface area contributed by atoms with Gasteiger partial charge in [0.1, 0.15) is 18.1 Å². The maximum Gasteiger partial charge on any atom is 0.413 e. The number of thiazole rings is 1. The molecule has 0 aliphatic heterocycles. The second-order valence-corrected chi connectivity index (χ2v) is 7.70. The molecular formula is C19H16N4O3S2. The summed E-state index contributed by atoms with van der Waals surface area (Å²) < 4.78 is 14.7. The number of amides is 1. The van der Waals surface area contributed by atoms with Crippen LogP contribution in [0.5, 0.6) is 5.75 Å². The molecule has 0 saturated carbocycles. The standard InChI is InChI=1S/C19H16N4O3S2/c1-11-17(22-23-28-11)16-14-6-4-3-5-12(14)7-8-15(16)26-9-13-10-27-18(20-13)21-19(24)25-2/h3-8,10H,9H2,1-2H3,(H,20,21,24). The van der Waals surface area contributed by atoms with Crippen molar-refractivity contribution in [3.05, 3.63) is 52.3 Å². The van der Waals surface area contributed by atoms with Gasteiger partial charge < -0.3 is 9.47 Å². The zero-order chi connectivity index (χ0) is 19.5. The van der Waals surface area contributed by atoms with Crippen molar-refractivity contribution in [3.63, 3.8) is 0 Å². The van der Waals surface area contributed by atoms with Gasteiger partial charge in [-0.1, -0.05) is 34.8 Å². The van der Waals surface area contributed by atoms with E-state index in [1.54, 1.807) is 0 Å². The molecule has 2 aromatic heterocycles. The van der Waals surface area contributed by atoms with E-state index in [9.17, 15) is 4.79 Å². The summed E-state index contributed by atoms with van der Waals surface area (Å²) in [5.41, 5.74) is 2.46. The number of methoxy groups -OCH3 is 1. The van der Waals surface area contributed by atoms with Crippen LogP contribution in [-0.4, -0.2) is 27.8 Å². The van der Waals surface area contributed by atoms with Crippen LogP contribution in [-0.2, 0) is 11.3 Å². The molecule has 0 spiro atoms. The summed E-state index contributed by atoms with van der Waals surface area (Å²) in [7, 11) is 1.31. The minimum atomic E-state index is -0.551. The Morgan fingerprint density at radius 1 is 1.21 bits per heavy atom. The summed E-state index contributed by atoms with van der Waals surface area (Å²) in [6, 6.07) is 12.1. The maximum absolute atomic E-state index is 11.3. The van der Waals surface area contributed by atoms with Crippen LogP contribution in [0.1, 0.15) is 10.6 Å². The number of anilines is 1. The van der Waals surface area contributed by atoms with Crippen LogP contribution in [0.15, 0.2) is 41.8 Å². The maximum atomic E-state index is 11.3. The van der Waals surface area contributed by atoms with Crippen LogP contribution >= 0.6 is 22.9 Å². The van der Waals surface area contributed by atoms with E-state index in [0.717, 1.165) is 26.9 Å². The third kappa shape index (κ3) is 3.67. The topological polar surface area (TPSA) is 86.2 Å². The van der Waals surface area contributed by atoms with Crippen LogP contribution in [0.2, 0.25) is 0 Å². The number of hydrogen-bond donors (Lipinski definition) is 1. The van der Waals surface area contributed by atoms with E-state index in [2.05, 4.69) is 36.8 Å². The highest BCUT2D eigenvalue weighted by Crippen LogP contribution is 2.38. The van der Waals surface area contributed by atoms with E-state index < -0.39 is 6.09 Å². The smallest absolute Gasteiger partial charge is 0.413 e. The van der Waals surface area contributed by atoms with Gasteiger partial charge in [0.05, 0.1) is 23.2 Å². The predicted molar refractivity (Wildman–Crippen MR) is 110 cm³/mol. The molecule has 0 fully saturated rings. The Morgan fingerprint density at radius 2 is 2.07 bits per heavy atom. The number of nitrogens with one attached hydrogen (secondary N) is 1. The minimum absolute atomic E-state index is 0.265. The number of carbonyl (C=O) groups is 1. The fourth-order valence-corrected chi connectivity index (χ4v) is 3.95. The SMILES string of the molecule is COC(=O)Nc1nc(COc2ccc3ccccc3c2-c2nnsc2C)cs1. The average molecular weight is 412 g/mol. The predicted octanol–water partition coefficient (Wildman–Crippen LogP) is 4.88. The molecule has 4 aromatic rings. The lowest BCUT2D eigenvalue weighted by atomic mass is 10.0. The fourth-order valence-electron chi connectivity index (χ4n) is 2.80. The highest BCUT2D eigenvalue weighted by atomic mass is 32.1. The van der Waals surface area contributed by atoms with E-state index in [1.165, 1.54) is 30.0 Å². The average Bonchev–Trinajstić information content (AvgIpc) is 3.34. The molecule has 9 heteroatoms. The van der Waals surface area contributed by atoms with Crippen molar-refractivity contribution in [2.75, 3.05) is 12.4 Å². The monoisotopic (exact) mass is 412 g/mol. The van der Waals surface area contributed by atoms with Crippen LogP contribution in [0.3, 0.4) is 0 Å². The third-order valence-corrected chi connectivity index (χ3v) is 5.54. The number of ether oxygens (including phenoxy) is 2. The first kappa shape index (κ1) is 18.3. The van der Waals surface area contributed by atoms with Crippen molar-refractivity contribution in [1.82, 2.24) is 14.6 Å². The number of rotatable bonds is 5. The van der Waals surface area contributed by atoms with E-state index in [4.69, 9.17) is 4.74 Å². The lowest BCUT2D eigenvalue weighted by Crippen LogP contribution is -2.10. The Bertz CT molecular complexity index is 1140. The molecule has 7 nitrogen and oxygen atoms in total. The van der Waals surface area contributed by atoms with Gasteiger partial charge in [0.15, 0.2) is 5.13 Å². The summed E-state index contributed by atoms with van der Waals surface area (Å²) in [4.78, 5) is 16.7. The number of nitrogens with zero attached hydrogens (tertiary/aromatic N) is 3. The second kappa shape index (κ2) is 7.91. The van der Waals surface area contributed by atoms with Gasteiger partial charge in [-0.3, -0.25) is 5.32 Å². The van der Waals surface area contributed by atoms with Crippen molar-refractivity contribution in [2.45, 2.75) is 13.5 Å². The quantitative estimate of drug-likeness (QED) is 0.503. The molecule has 0 atom stereocenters. The third-order valence-electron chi connectivity index (χ3n) is 4.10. The van der Waals surface area contributed by atoms with Gasteiger partial charge in [0.2, 0.25) is 0 Å². The van der Waals surface area contributed by atoms with Crippen molar-refractivity contribution in [3.8, 4) is 17.0 Å². The van der Waals surface area contributed by atoms with Crippen molar-refractivity contribution < 1.29 is 14.3 Å². The number of hydrogen-bond acceptors (Lipinski definition) is 8. The second-order valence-electron chi connectivity index (χ2n) is 5.89. The van der Waals surface area contributed by atoms with Gasteiger partial charge in [0.25, 0.3) is 0 Å². The van der Waals surface area contributed by atoms with E-state index in [0.29, 0.717) is 16.6 Å². The van der Waals surface area contributed by atoms with Gasteiger partial charge in [-0.25, -0.2) is 9.78 Å². The van der Waals surface area contributed by atoms with E-state index >= 15 is 0 Å². The van der Waals surface area contributed by atoms with Gasteiger partial charge in [-0.05, 0) is 35.3 Å². The normalized spacial score (nSPS) is 10.8. The number of aryl methyl sites for hydroxylation is 1. The molecule has 0 radical (unpaired) electrons. The summed E-state index contributed by atoms with van der Waals surface area (Å²) in [6.45, 7) is 2.26. The lowest BCUT2D eigenvalue weighted by Gasteiger charge is -2.13. The Labute approximate surface area is 169 Å². The Hall–Kier alpha value is -3.04. The molecule has 0 saturated heterocycles. The number of carbonyl (C=O) groups excluding carboxylic acids is 1. The van der Waals surface area contributed by atoms with Crippen LogP contribution < -0.4 is 10.1 Å². The van der Waals surface area contributed by atoms with Crippen LogP contribution in [0.25, 0.3) is 22.0 Å². The molecule has 0 unspecified atom stereocenters. The first-order chi connectivity index (χ1) is 13.7. The van der Waals surface area contributed by atoms with Gasteiger partial charge in [-0.15, -0.1) is 16.4 Å². The molecule has 0 aliphatic rings. The molecule has 1 N–H and O–H groups in total. The van der Waals surface area contributed by atoms with Gasteiger partial charge in [-0.2, -0.15) is 0 Å². The van der Waals surface area contributed by atoms with E-state index in [-0.39, 0.29) is 6.61 Å². The van der Waals surface area contributed by atoms with Crippen LogP contribution in [0, 0.1) is 6.92 Å². The highest BCUT2D eigenvalue weighted by molar-refractivity contribution is 7.13. The number of benzene rings is 2. The molecule has 142 valence electrons. The molecule has 28 heavy (non-hydrogen) atoms. The number of aromatic nitrogens is 3. The number of fused-ring (bicyclic) bond motifs is 1. The fraction of sp³-hybridized carbons (Fsp3) is 0.158. The van der Waals surface area contributed by atoms with Crippen molar-refractivity contribution in [2.24, 2.45) is 0 Å². The minimum Gasteiger partial charge on any atom is -0.487 e. The van der Waals surface area contributed by atoms with Crippen molar-refractivity contribution in [1.29, 1.82) is 0 Å². The molecule has 1 amide bonds. The van der Waals surface area contributed by atoms with Crippen LogP contribution in [0.4, 0.5) is 9.93 Å². The molecule has 0 bridgehead atoms. The highest BCUT2D eigenvalue weighted by Gasteiger charge is 2.17. The molecule has 2 aromatic carbocycles. The first-order valence-corrected chi connectivity index (χ1v) is 10.0. The van der Waals surface area contributed by atoms with Gasteiger partial charge in [0, 0.05) is 5.38 Å². The first-order valence-electron chi connectivity index (χ1n) is 8.39. The zero-order valence-corrected chi connectivity index (χ0v) is 16.8. The Balaban J connectivity index is 1.64. The summed E-state index contributed by atoms with van der Waals surface area (Å²) in [5, 5.41) is 11.3. The molecule has 0 aliphatic carbocycles. The Kier molecular flexibility index (Phi) is 5.18. The molecular weight excluding hydrogens is 396 g/mol. The summed E-state index contributed by atoms with van der Waals surface area (Å²) in [6.07, 6.45) is -0.551. The molecule has 2 heterocycles. The van der Waals surface area contributed by atoms with Gasteiger partial charge >= 0.3 is 6.09 Å². The summed E-state index contributed by atoms with van der Waals surface area (Å²) >= 11 is 2.67. The largest absolute Gasteiger partial charge is 0.487 e. The molecule has 4 rings (SSSR count). The van der Waals surface area contributed by atoms with E-state index in [1.807, 2.05) is 36.6 Å². The summed E-state index contributed by atoms with van der Waals surface area (Å²) in [5.74, 6) is 0.713. The zero-order valence-electron chi connectivity index (χ0n) is 15.1.